The summed E-state index contributed by atoms with van der Waals surface area (Å²) in [6.07, 6.45) is 3.81. The van der Waals surface area contributed by atoms with E-state index in [9.17, 15) is 0 Å². The molecule has 0 unspecified atom stereocenters. The van der Waals surface area contributed by atoms with Crippen LogP contribution in [0.3, 0.4) is 0 Å². The molecule has 0 fully saturated rings. The highest BCUT2D eigenvalue weighted by Gasteiger charge is 1.92. The number of imidazole rings is 1. The molecule has 1 rings (SSSR count). The number of aromatic nitrogens is 2. The molecule has 0 atom stereocenters. The average molecular weight is 154 g/mol. The number of nitrogens with zero attached hydrogens (tertiary/aromatic N) is 1. The van der Waals surface area contributed by atoms with E-state index in [1.165, 1.54) is 0 Å². The number of aryl methyl sites for hydroxylation is 1. The minimum absolute atomic E-state index is 0.954. The monoisotopic (exact) mass is 154 g/mol. The lowest BCUT2D eigenvalue weighted by Crippen LogP contribution is -1.69. The molecule has 0 aliphatic rings. The SMILES string of the molecule is C/C=C\Sc1ncc(C)[nH]1. The Kier molecular flexibility index (Phi) is 2.57. The molecule has 0 aliphatic heterocycles. The molecule has 1 aromatic rings. The standard InChI is InChI=1S/C7H10N2S/c1-3-4-10-7-8-5-6(2)9-7/h3-5H,1-2H3,(H,8,9)/b4-3-. The largest absolute Gasteiger partial charge is 0.337 e. The number of hydrogen-bond donors (Lipinski definition) is 1. The van der Waals surface area contributed by atoms with E-state index >= 15 is 0 Å². The van der Waals surface area contributed by atoms with E-state index in [-0.39, 0.29) is 0 Å². The fourth-order valence-electron chi connectivity index (χ4n) is 0.581. The van der Waals surface area contributed by atoms with Gasteiger partial charge in [-0.2, -0.15) is 0 Å². The zero-order valence-electron chi connectivity index (χ0n) is 6.09. The molecule has 0 bridgehead atoms. The first-order chi connectivity index (χ1) is 4.83. The summed E-state index contributed by atoms with van der Waals surface area (Å²) < 4.78 is 0. The first-order valence-corrected chi connectivity index (χ1v) is 4.00. The third kappa shape index (κ3) is 1.92. The van der Waals surface area contributed by atoms with Gasteiger partial charge in [-0.05, 0) is 19.3 Å². The summed E-state index contributed by atoms with van der Waals surface area (Å²) in [5, 5.41) is 2.95. The highest BCUT2D eigenvalue weighted by molar-refractivity contribution is 8.02. The van der Waals surface area contributed by atoms with E-state index in [2.05, 4.69) is 9.97 Å². The van der Waals surface area contributed by atoms with Crippen LogP contribution in [0.1, 0.15) is 12.6 Å². The number of H-pyrrole nitrogens is 1. The van der Waals surface area contributed by atoms with Gasteiger partial charge in [-0.15, -0.1) is 0 Å². The summed E-state index contributed by atoms with van der Waals surface area (Å²) in [6, 6.07) is 0. The van der Waals surface area contributed by atoms with Gasteiger partial charge in [-0.3, -0.25) is 0 Å². The van der Waals surface area contributed by atoms with Gasteiger partial charge in [0, 0.05) is 11.9 Å². The van der Waals surface area contributed by atoms with Crippen LogP contribution >= 0.6 is 11.8 Å². The van der Waals surface area contributed by atoms with Crippen molar-refractivity contribution in [3.05, 3.63) is 23.4 Å². The molecule has 10 heavy (non-hydrogen) atoms. The second kappa shape index (κ2) is 3.46. The molecule has 0 aromatic carbocycles. The molecule has 1 heterocycles. The van der Waals surface area contributed by atoms with Gasteiger partial charge in [0.1, 0.15) is 0 Å². The van der Waals surface area contributed by atoms with Gasteiger partial charge in [0.15, 0.2) is 5.16 Å². The van der Waals surface area contributed by atoms with Crippen LogP contribution in [0.5, 0.6) is 0 Å². The van der Waals surface area contributed by atoms with Crippen molar-refractivity contribution in [1.29, 1.82) is 0 Å². The molecule has 2 nitrogen and oxygen atoms in total. The van der Waals surface area contributed by atoms with Crippen LogP contribution in [0.25, 0.3) is 0 Å². The maximum Gasteiger partial charge on any atom is 0.169 e. The van der Waals surface area contributed by atoms with Crippen LogP contribution in [-0.2, 0) is 0 Å². The Bertz CT molecular complexity index is 227. The second-order valence-corrected chi connectivity index (χ2v) is 2.85. The molecule has 0 saturated carbocycles. The first kappa shape index (κ1) is 7.41. The Morgan fingerprint density at radius 3 is 3.00 bits per heavy atom. The van der Waals surface area contributed by atoms with E-state index in [1.54, 1.807) is 11.8 Å². The molecule has 0 amide bonds. The molecule has 3 heteroatoms. The fraction of sp³-hybridized carbons (Fsp3) is 0.286. The molecule has 0 radical (unpaired) electrons. The Hall–Kier alpha value is -0.700. The van der Waals surface area contributed by atoms with Gasteiger partial charge < -0.3 is 4.98 Å². The fourth-order valence-corrected chi connectivity index (χ4v) is 1.18. The Balaban J connectivity index is 2.58. The predicted octanol–water partition coefficient (Wildman–Crippen LogP) is 2.34. The smallest absolute Gasteiger partial charge is 0.169 e. The summed E-state index contributed by atoms with van der Waals surface area (Å²) in [4.78, 5) is 7.22. The Morgan fingerprint density at radius 1 is 1.70 bits per heavy atom. The van der Waals surface area contributed by atoms with Gasteiger partial charge in [0.2, 0.25) is 0 Å². The van der Waals surface area contributed by atoms with Crippen molar-refractivity contribution in [3.63, 3.8) is 0 Å². The molecule has 54 valence electrons. The van der Waals surface area contributed by atoms with Gasteiger partial charge in [0.25, 0.3) is 0 Å². The number of nitrogens with one attached hydrogen (secondary N) is 1. The minimum atomic E-state index is 0.954. The van der Waals surface area contributed by atoms with Gasteiger partial charge in [-0.1, -0.05) is 17.8 Å². The van der Waals surface area contributed by atoms with Crippen molar-refractivity contribution in [2.45, 2.75) is 19.0 Å². The van der Waals surface area contributed by atoms with E-state index in [4.69, 9.17) is 0 Å². The lowest BCUT2D eigenvalue weighted by atomic mass is 10.6. The van der Waals surface area contributed by atoms with Crippen molar-refractivity contribution in [2.24, 2.45) is 0 Å². The summed E-state index contributed by atoms with van der Waals surface area (Å²) >= 11 is 1.59. The van der Waals surface area contributed by atoms with Crippen LogP contribution in [0.15, 0.2) is 22.8 Å². The van der Waals surface area contributed by atoms with Crippen LogP contribution in [0.2, 0.25) is 0 Å². The van der Waals surface area contributed by atoms with Crippen molar-refractivity contribution < 1.29 is 0 Å². The zero-order chi connectivity index (χ0) is 7.40. The lowest BCUT2D eigenvalue weighted by Gasteiger charge is -1.84. The summed E-state index contributed by atoms with van der Waals surface area (Å²) in [5.74, 6) is 0. The third-order valence-electron chi connectivity index (χ3n) is 0.995. The zero-order valence-corrected chi connectivity index (χ0v) is 6.90. The molecule has 0 aliphatic carbocycles. The maximum atomic E-state index is 4.11. The summed E-state index contributed by atoms with van der Waals surface area (Å²) in [6.45, 7) is 3.98. The third-order valence-corrected chi connectivity index (χ3v) is 1.83. The number of rotatable bonds is 2. The van der Waals surface area contributed by atoms with Crippen molar-refractivity contribution in [1.82, 2.24) is 9.97 Å². The second-order valence-electron chi connectivity index (χ2n) is 1.96. The quantitative estimate of drug-likeness (QED) is 0.662. The minimum Gasteiger partial charge on any atom is -0.337 e. The molecule has 0 spiro atoms. The molecule has 1 N–H and O–H groups in total. The van der Waals surface area contributed by atoms with Crippen molar-refractivity contribution in [3.8, 4) is 0 Å². The normalized spacial score (nSPS) is 11.0. The molecular weight excluding hydrogens is 144 g/mol. The Morgan fingerprint density at radius 2 is 2.50 bits per heavy atom. The average Bonchev–Trinajstić information content (AvgIpc) is 2.31. The number of hydrogen-bond acceptors (Lipinski definition) is 2. The van der Waals surface area contributed by atoms with E-state index < -0.39 is 0 Å². The number of thioether (sulfide) groups is 1. The van der Waals surface area contributed by atoms with Gasteiger partial charge in [0.05, 0.1) is 0 Å². The summed E-state index contributed by atoms with van der Waals surface area (Å²) in [5.41, 5.74) is 1.10. The van der Waals surface area contributed by atoms with E-state index in [0.29, 0.717) is 0 Å². The van der Waals surface area contributed by atoms with Crippen LogP contribution < -0.4 is 0 Å². The van der Waals surface area contributed by atoms with Gasteiger partial charge in [-0.25, -0.2) is 4.98 Å². The van der Waals surface area contributed by atoms with Crippen LogP contribution in [0.4, 0.5) is 0 Å². The lowest BCUT2D eigenvalue weighted by molar-refractivity contribution is 1.05. The summed E-state index contributed by atoms with van der Waals surface area (Å²) in [7, 11) is 0. The van der Waals surface area contributed by atoms with Crippen LogP contribution in [-0.4, -0.2) is 9.97 Å². The Labute approximate surface area is 64.8 Å². The molecule has 1 aromatic heterocycles. The topological polar surface area (TPSA) is 28.7 Å². The van der Waals surface area contributed by atoms with Crippen LogP contribution in [0, 0.1) is 6.92 Å². The van der Waals surface area contributed by atoms with Crippen molar-refractivity contribution >= 4 is 11.8 Å². The predicted molar refractivity (Wildman–Crippen MR) is 44.0 cm³/mol. The number of allylic oxidation sites excluding steroid dienone is 1. The maximum absolute atomic E-state index is 4.11. The van der Waals surface area contributed by atoms with E-state index in [1.807, 2.05) is 31.5 Å². The van der Waals surface area contributed by atoms with Crippen molar-refractivity contribution in [2.75, 3.05) is 0 Å². The highest BCUT2D eigenvalue weighted by atomic mass is 32.2. The molecular formula is C7H10N2S. The highest BCUT2D eigenvalue weighted by Crippen LogP contribution is 2.13. The molecule has 0 saturated heterocycles. The van der Waals surface area contributed by atoms with E-state index in [0.717, 1.165) is 10.9 Å². The number of aromatic amines is 1. The first-order valence-electron chi connectivity index (χ1n) is 3.12. The van der Waals surface area contributed by atoms with Gasteiger partial charge >= 0.3 is 0 Å².